The molecule has 12 nitrogen and oxygen atoms in total. The molecule has 0 saturated carbocycles. The number of hydrogen-bond acceptors (Lipinski definition) is 4. The lowest BCUT2D eigenvalue weighted by Crippen LogP contribution is -2.51. The van der Waals surface area contributed by atoms with E-state index < -0.39 is 6.03 Å². The molecule has 454 valence electrons. The molecule has 0 atom stereocenters. The minimum atomic E-state index is -0.517. The average molecular weight is 1090 g/mol. The van der Waals surface area contributed by atoms with Crippen molar-refractivity contribution < 1.29 is 19.2 Å². The second-order valence-corrected chi connectivity index (χ2v) is 23.5. The van der Waals surface area contributed by atoms with Gasteiger partial charge in [-0.25, -0.2) is 19.2 Å². The number of primary amides is 1. The highest BCUT2D eigenvalue weighted by atomic mass is 16.2. The summed E-state index contributed by atoms with van der Waals surface area (Å²) in [5.74, 6) is 0. The zero-order valence-corrected chi connectivity index (χ0v) is 51.5. The first-order chi connectivity index (χ1) is 37.8. The van der Waals surface area contributed by atoms with Crippen LogP contribution in [0.2, 0.25) is 0 Å². The molecule has 0 spiro atoms. The summed E-state index contributed by atoms with van der Waals surface area (Å²) in [5, 5.41) is 9.54. The third-order valence-corrected chi connectivity index (χ3v) is 16.3. The molecule has 0 aromatic heterocycles. The fraction of sp³-hybridized carbons (Fsp3) is 0.938. The van der Waals surface area contributed by atoms with Crippen molar-refractivity contribution in [3.8, 4) is 0 Å². The smallest absolute Gasteiger partial charge is 0.317 e. The first kappa shape index (κ1) is 72.1. The predicted octanol–water partition coefficient (Wildman–Crippen LogP) is 17.8. The Bertz CT molecular complexity index is 1320. The van der Waals surface area contributed by atoms with Crippen LogP contribution in [0.4, 0.5) is 19.2 Å². The van der Waals surface area contributed by atoms with Gasteiger partial charge in [0.2, 0.25) is 0 Å². The number of amides is 8. The highest BCUT2D eigenvalue weighted by Crippen LogP contribution is 2.17. The first-order valence-electron chi connectivity index (χ1n) is 34.0. The van der Waals surface area contributed by atoms with E-state index in [1.807, 2.05) is 9.80 Å². The summed E-state index contributed by atoms with van der Waals surface area (Å²) in [7, 11) is 0. The van der Waals surface area contributed by atoms with Crippen molar-refractivity contribution in [3.63, 3.8) is 0 Å². The second-order valence-electron chi connectivity index (χ2n) is 23.5. The number of rotatable bonds is 48. The molecule has 0 bridgehead atoms. The number of carbonyl (C=O) groups excluding carboxylic acids is 4. The van der Waals surface area contributed by atoms with Crippen molar-refractivity contribution in [1.82, 2.24) is 35.6 Å². The van der Waals surface area contributed by atoms with Crippen molar-refractivity contribution in [3.05, 3.63) is 0 Å². The monoisotopic (exact) mass is 1090 g/mol. The van der Waals surface area contributed by atoms with Gasteiger partial charge in [-0.05, 0) is 32.1 Å². The van der Waals surface area contributed by atoms with E-state index in [0.29, 0.717) is 84.8 Å². The number of urea groups is 4. The zero-order chi connectivity index (χ0) is 55.8. The van der Waals surface area contributed by atoms with Crippen LogP contribution >= 0.6 is 0 Å². The third-order valence-electron chi connectivity index (χ3n) is 16.3. The van der Waals surface area contributed by atoms with Crippen molar-refractivity contribution in [2.24, 2.45) is 5.73 Å². The predicted molar refractivity (Wildman–Crippen MR) is 330 cm³/mol. The molecule has 1 rings (SSSR count). The molecule has 1 aliphatic rings. The summed E-state index contributed by atoms with van der Waals surface area (Å²) in [4.78, 5) is 60.9. The lowest BCUT2D eigenvalue weighted by molar-refractivity contribution is 0.158. The topological polar surface area (TPSA) is 143 Å². The number of hydrogen-bond donors (Lipinski definition) is 4. The summed E-state index contributed by atoms with van der Waals surface area (Å²) in [6.07, 6.45) is 59.8. The number of carbonyl (C=O) groups is 4. The van der Waals surface area contributed by atoms with Gasteiger partial charge in [0.1, 0.15) is 0 Å². The fourth-order valence-electron chi connectivity index (χ4n) is 11.1. The van der Waals surface area contributed by atoms with E-state index >= 15 is 0 Å². The Kier molecular flexibility index (Phi) is 52.8. The molecule has 0 radical (unpaired) electrons. The van der Waals surface area contributed by atoms with Gasteiger partial charge in [-0.3, -0.25) is 0 Å². The molecule has 1 heterocycles. The summed E-state index contributed by atoms with van der Waals surface area (Å²) in [6, 6.07) is -0.878. The molecule has 0 aliphatic carbocycles. The molecule has 12 heteroatoms. The van der Waals surface area contributed by atoms with Gasteiger partial charge in [0, 0.05) is 72.0 Å². The van der Waals surface area contributed by atoms with Crippen LogP contribution in [0.25, 0.3) is 0 Å². The van der Waals surface area contributed by atoms with E-state index in [-0.39, 0.29) is 18.1 Å². The highest BCUT2D eigenvalue weighted by Gasteiger charge is 2.22. The molecule has 1 aliphatic heterocycles. The minimum Gasteiger partial charge on any atom is -0.351 e. The molecule has 0 unspecified atom stereocenters. The molecule has 77 heavy (non-hydrogen) atoms. The Morgan fingerprint density at radius 1 is 0.260 bits per heavy atom. The van der Waals surface area contributed by atoms with Crippen LogP contribution in [-0.4, -0.2) is 116 Å². The van der Waals surface area contributed by atoms with Crippen LogP contribution in [0.1, 0.15) is 323 Å². The standard InChI is InChI=1S/C65H130N8O4/c1-4-7-10-13-16-19-22-25-28-31-34-37-40-43-46-51-67-63(75)71-56-50-57-73(65(77)69-53-48-45-42-39-36-33-30-27-24-21-18-15-12-9-6-3)61-60-72(55-49-54-70(58-59-71)62(66)74)64(76)68-52-47-44-41-38-35-32-29-26-23-20-17-14-11-8-5-2/h4-61H2,1-3H3,(H2,66,74)(H,67,75)(H,68,76)(H,69,77). The Hall–Kier alpha value is -2.92. The van der Waals surface area contributed by atoms with Crippen LogP contribution in [0, 0.1) is 0 Å². The van der Waals surface area contributed by atoms with Crippen LogP contribution in [0.5, 0.6) is 0 Å². The number of unbranched alkanes of at least 4 members (excludes halogenated alkanes) is 42. The van der Waals surface area contributed by atoms with Crippen molar-refractivity contribution in [2.45, 2.75) is 323 Å². The molecule has 0 aromatic carbocycles. The van der Waals surface area contributed by atoms with Gasteiger partial charge in [-0.2, -0.15) is 0 Å². The third kappa shape index (κ3) is 46.5. The number of nitrogens with zero attached hydrogens (tertiary/aromatic N) is 4. The Labute approximate surface area is 477 Å². The van der Waals surface area contributed by atoms with Gasteiger partial charge in [0.05, 0.1) is 0 Å². The quantitative estimate of drug-likeness (QED) is 0.0450. The van der Waals surface area contributed by atoms with E-state index in [4.69, 9.17) is 5.73 Å². The maximum absolute atomic E-state index is 13.9. The first-order valence-corrected chi connectivity index (χ1v) is 34.0. The van der Waals surface area contributed by atoms with Gasteiger partial charge >= 0.3 is 24.1 Å². The van der Waals surface area contributed by atoms with Crippen molar-refractivity contribution in [1.29, 1.82) is 0 Å². The minimum absolute atomic E-state index is 0.107. The summed E-state index contributed by atoms with van der Waals surface area (Å²) >= 11 is 0. The Morgan fingerprint density at radius 3 is 0.623 bits per heavy atom. The lowest BCUT2D eigenvalue weighted by Gasteiger charge is -2.32. The molecular formula is C65H130N8O4. The average Bonchev–Trinajstić information content (AvgIpc) is 3.42. The van der Waals surface area contributed by atoms with Crippen LogP contribution in [0.3, 0.4) is 0 Å². The second kappa shape index (κ2) is 56.4. The summed E-state index contributed by atoms with van der Waals surface area (Å²) in [5.41, 5.74) is 5.89. The van der Waals surface area contributed by atoms with E-state index in [0.717, 1.165) is 38.5 Å². The molecule has 0 aromatic rings. The molecule has 8 amide bonds. The van der Waals surface area contributed by atoms with E-state index in [1.165, 1.54) is 250 Å². The Balaban J connectivity index is 2.66. The van der Waals surface area contributed by atoms with Gasteiger partial charge in [0.15, 0.2) is 0 Å². The van der Waals surface area contributed by atoms with Gasteiger partial charge in [-0.1, -0.05) is 290 Å². The maximum Gasteiger partial charge on any atom is 0.317 e. The van der Waals surface area contributed by atoms with E-state index in [2.05, 4.69) is 36.7 Å². The van der Waals surface area contributed by atoms with Crippen molar-refractivity contribution in [2.75, 3.05) is 72.0 Å². The SMILES string of the molecule is CCCCCCCCCCCCCCCCCNC(=O)N1CCCN(C(=O)NCCCCCCCCCCCCCCCCC)CCN(C(=O)NCCCCCCCCCCCCCCCCC)CCCN(C(N)=O)CC1. The van der Waals surface area contributed by atoms with Gasteiger partial charge in [0.25, 0.3) is 0 Å². The van der Waals surface area contributed by atoms with Crippen LogP contribution in [-0.2, 0) is 0 Å². The van der Waals surface area contributed by atoms with Crippen LogP contribution in [0.15, 0.2) is 0 Å². The highest BCUT2D eigenvalue weighted by molar-refractivity contribution is 5.76. The largest absolute Gasteiger partial charge is 0.351 e. The van der Waals surface area contributed by atoms with Crippen LogP contribution < -0.4 is 21.7 Å². The van der Waals surface area contributed by atoms with Gasteiger partial charge in [-0.15, -0.1) is 0 Å². The Morgan fingerprint density at radius 2 is 0.429 bits per heavy atom. The molecule has 1 saturated heterocycles. The normalized spacial score (nSPS) is 14.0. The van der Waals surface area contributed by atoms with E-state index in [1.54, 1.807) is 9.80 Å². The fourth-order valence-corrected chi connectivity index (χ4v) is 11.1. The summed E-state index contributed by atoms with van der Waals surface area (Å²) < 4.78 is 0. The lowest BCUT2D eigenvalue weighted by atomic mass is 10.0. The van der Waals surface area contributed by atoms with E-state index in [9.17, 15) is 19.2 Å². The maximum atomic E-state index is 13.9. The number of nitrogens with one attached hydrogen (secondary N) is 3. The summed E-state index contributed by atoms with van der Waals surface area (Å²) in [6.45, 7) is 11.9. The molecule has 1 fully saturated rings. The van der Waals surface area contributed by atoms with Crippen molar-refractivity contribution >= 4 is 24.1 Å². The van der Waals surface area contributed by atoms with Gasteiger partial charge < -0.3 is 41.3 Å². The zero-order valence-electron chi connectivity index (χ0n) is 51.5. The molecular weight excluding hydrogens is 957 g/mol. The number of nitrogens with two attached hydrogens (primary N) is 1. The molecule has 5 N–H and O–H groups in total.